The molecule has 0 spiro atoms. The van der Waals surface area contributed by atoms with E-state index in [9.17, 15) is 15.0 Å². The minimum Gasteiger partial charge on any atom is -0.478 e. The largest absolute Gasteiger partial charge is 0.478 e. The van der Waals surface area contributed by atoms with Gasteiger partial charge in [-0.25, -0.2) is 4.79 Å². The number of nitrogens with one attached hydrogen (secondary N) is 1. The molecule has 0 radical (unpaired) electrons. The number of carboxylic acids is 1. The van der Waals surface area contributed by atoms with Gasteiger partial charge >= 0.3 is 5.97 Å². The summed E-state index contributed by atoms with van der Waals surface area (Å²) in [7, 11) is 0. The molecule has 1 fully saturated rings. The zero-order valence-corrected chi connectivity index (χ0v) is 17.0. The molecule has 2 atom stereocenters. The van der Waals surface area contributed by atoms with Crippen molar-refractivity contribution in [3.63, 3.8) is 0 Å². The molecule has 0 aliphatic carbocycles. The fraction of sp³-hybridized carbons (Fsp3) is 0.227. The van der Waals surface area contributed by atoms with E-state index in [1.54, 1.807) is 30.5 Å². The van der Waals surface area contributed by atoms with E-state index in [0.29, 0.717) is 18.1 Å². The van der Waals surface area contributed by atoms with Crippen LogP contribution in [0, 0.1) is 0 Å². The molecule has 4 rings (SSSR count). The molecule has 154 valence electrons. The molecule has 1 aliphatic heterocycles. The summed E-state index contributed by atoms with van der Waals surface area (Å²) in [5, 5.41) is 22.6. The number of rotatable bonds is 7. The molecule has 0 unspecified atom stereocenters. The number of aromatic carboxylic acids is 1. The van der Waals surface area contributed by atoms with Crippen molar-refractivity contribution in [1.29, 1.82) is 0 Å². The molecule has 0 amide bonds. The van der Waals surface area contributed by atoms with Gasteiger partial charge in [0.2, 0.25) is 0 Å². The van der Waals surface area contributed by atoms with Gasteiger partial charge < -0.3 is 25.0 Å². The second-order valence-electron chi connectivity index (χ2n) is 7.05. The normalized spacial score (nSPS) is 18.4. The molecule has 3 aromatic rings. The lowest BCUT2D eigenvalue weighted by Gasteiger charge is -2.28. The number of nitrogens with zero attached hydrogens (tertiary/aromatic N) is 3. The summed E-state index contributed by atoms with van der Waals surface area (Å²) in [6, 6.07) is 16.3. The van der Waals surface area contributed by atoms with Crippen LogP contribution in [-0.2, 0) is 0 Å². The molecule has 8 heteroatoms. The van der Waals surface area contributed by atoms with E-state index in [4.69, 9.17) is 12.2 Å². The van der Waals surface area contributed by atoms with Gasteiger partial charge in [0, 0.05) is 36.9 Å². The van der Waals surface area contributed by atoms with E-state index in [-0.39, 0.29) is 24.3 Å². The molecular weight excluding hydrogens is 400 g/mol. The Morgan fingerprint density at radius 3 is 2.60 bits per heavy atom. The summed E-state index contributed by atoms with van der Waals surface area (Å²) in [6.07, 6.45) is 4.31. The number of carboxylic acid groups (broad SMARTS) is 1. The second-order valence-corrected chi connectivity index (χ2v) is 7.44. The maximum Gasteiger partial charge on any atom is 0.335 e. The van der Waals surface area contributed by atoms with Crippen LogP contribution in [0.2, 0.25) is 0 Å². The lowest BCUT2D eigenvalue weighted by molar-refractivity contribution is 0.0697. The summed E-state index contributed by atoms with van der Waals surface area (Å²) in [5.74, 6) is -0.954. The highest BCUT2D eigenvalue weighted by atomic mass is 32.1. The van der Waals surface area contributed by atoms with Crippen molar-refractivity contribution in [3.05, 3.63) is 83.9 Å². The van der Waals surface area contributed by atoms with Crippen molar-refractivity contribution in [3.8, 4) is 5.69 Å². The van der Waals surface area contributed by atoms with Crippen LogP contribution in [0.3, 0.4) is 0 Å². The van der Waals surface area contributed by atoms with Gasteiger partial charge in [0.1, 0.15) is 0 Å². The Morgan fingerprint density at radius 1 is 1.13 bits per heavy atom. The quantitative estimate of drug-likeness (QED) is 0.504. The lowest BCUT2D eigenvalue weighted by Crippen LogP contribution is -2.31. The predicted molar refractivity (Wildman–Crippen MR) is 117 cm³/mol. The van der Waals surface area contributed by atoms with Crippen LogP contribution in [0.5, 0.6) is 0 Å². The number of hydrogen-bond donors (Lipinski definition) is 3. The van der Waals surface area contributed by atoms with Gasteiger partial charge in [0.05, 0.1) is 23.3 Å². The van der Waals surface area contributed by atoms with Crippen LogP contribution in [0.4, 0.5) is 0 Å². The number of pyridine rings is 1. The number of thiocarbonyl (C=S) groups is 1. The molecule has 1 aromatic carbocycles. The van der Waals surface area contributed by atoms with Crippen molar-refractivity contribution in [2.75, 3.05) is 13.2 Å². The Balaban J connectivity index is 1.76. The van der Waals surface area contributed by atoms with Crippen LogP contribution < -0.4 is 5.32 Å². The van der Waals surface area contributed by atoms with Gasteiger partial charge in [-0.3, -0.25) is 4.98 Å². The Kier molecular flexibility index (Phi) is 5.78. The van der Waals surface area contributed by atoms with E-state index in [2.05, 4.69) is 15.2 Å². The van der Waals surface area contributed by atoms with E-state index >= 15 is 0 Å². The fourth-order valence-corrected chi connectivity index (χ4v) is 4.18. The van der Waals surface area contributed by atoms with Gasteiger partial charge in [0.15, 0.2) is 5.11 Å². The highest BCUT2D eigenvalue weighted by Crippen LogP contribution is 2.39. The van der Waals surface area contributed by atoms with E-state index in [1.807, 2.05) is 41.1 Å². The SMILES string of the molecule is O=C(O)c1ccc(-n2cccc2[C@@H]2[C@@H](c3ccccn3)NC(=S)N2CCCO)cc1. The maximum absolute atomic E-state index is 11.2. The maximum atomic E-state index is 11.2. The molecule has 0 bridgehead atoms. The molecular formula is C22H22N4O3S. The van der Waals surface area contributed by atoms with E-state index < -0.39 is 5.97 Å². The number of hydrogen-bond acceptors (Lipinski definition) is 4. The summed E-state index contributed by atoms with van der Waals surface area (Å²) in [6.45, 7) is 0.692. The third kappa shape index (κ3) is 3.79. The summed E-state index contributed by atoms with van der Waals surface area (Å²) in [5.41, 5.74) is 2.98. The van der Waals surface area contributed by atoms with Crippen molar-refractivity contribution >= 4 is 23.3 Å². The monoisotopic (exact) mass is 422 g/mol. The third-order valence-electron chi connectivity index (χ3n) is 5.23. The van der Waals surface area contributed by atoms with Crippen LogP contribution in [0.15, 0.2) is 67.0 Å². The average molecular weight is 423 g/mol. The van der Waals surface area contributed by atoms with Gasteiger partial charge in [-0.15, -0.1) is 0 Å². The third-order valence-corrected chi connectivity index (χ3v) is 5.58. The minimum absolute atomic E-state index is 0.0811. The van der Waals surface area contributed by atoms with Crippen molar-refractivity contribution in [1.82, 2.24) is 19.8 Å². The number of aliphatic hydroxyl groups is 1. The lowest BCUT2D eigenvalue weighted by atomic mass is 10.0. The Bertz CT molecular complexity index is 1040. The molecule has 1 saturated heterocycles. The first kappa shape index (κ1) is 20.1. The molecule has 3 heterocycles. The molecule has 3 N–H and O–H groups in total. The minimum atomic E-state index is -0.954. The number of aromatic nitrogens is 2. The van der Waals surface area contributed by atoms with Crippen LogP contribution in [0.25, 0.3) is 5.69 Å². The van der Waals surface area contributed by atoms with E-state index in [1.165, 1.54) is 0 Å². The standard InChI is InChI=1S/C22H22N4O3S/c27-14-4-13-26-20(19(24-22(26)30)17-5-1-2-11-23-17)18-6-3-12-25(18)16-9-7-15(8-10-16)21(28)29/h1-3,5-12,19-20,27H,4,13-14H2,(H,24,30)(H,28,29)/t19-,20-/m1/s1. The van der Waals surface area contributed by atoms with Gasteiger partial charge in [0.25, 0.3) is 0 Å². The van der Waals surface area contributed by atoms with Gasteiger partial charge in [-0.1, -0.05) is 6.07 Å². The fourth-order valence-electron chi connectivity index (χ4n) is 3.84. The van der Waals surface area contributed by atoms with Crippen molar-refractivity contribution in [2.24, 2.45) is 0 Å². The highest BCUT2D eigenvalue weighted by Gasteiger charge is 2.40. The first-order valence-electron chi connectivity index (χ1n) is 9.70. The Labute approximate surface area is 179 Å². The molecule has 7 nitrogen and oxygen atoms in total. The topological polar surface area (TPSA) is 90.6 Å². The first-order chi connectivity index (χ1) is 14.6. The number of aliphatic hydroxyl groups excluding tert-OH is 1. The van der Waals surface area contributed by atoms with Gasteiger partial charge in [-0.2, -0.15) is 0 Å². The van der Waals surface area contributed by atoms with Crippen molar-refractivity contribution in [2.45, 2.75) is 18.5 Å². The number of carbonyl (C=O) groups is 1. The average Bonchev–Trinajstić information content (AvgIpc) is 3.37. The van der Waals surface area contributed by atoms with Crippen LogP contribution in [-0.4, -0.2) is 48.9 Å². The highest BCUT2D eigenvalue weighted by molar-refractivity contribution is 7.80. The summed E-state index contributed by atoms with van der Waals surface area (Å²) >= 11 is 5.62. The summed E-state index contributed by atoms with van der Waals surface area (Å²) in [4.78, 5) is 17.8. The zero-order valence-electron chi connectivity index (χ0n) is 16.2. The van der Waals surface area contributed by atoms with Crippen LogP contribution in [0.1, 0.15) is 40.3 Å². The molecule has 0 saturated carbocycles. The Hall–Kier alpha value is -3.23. The number of benzene rings is 1. The molecule has 30 heavy (non-hydrogen) atoms. The zero-order chi connectivity index (χ0) is 21.1. The molecule has 1 aliphatic rings. The first-order valence-corrected chi connectivity index (χ1v) is 10.1. The second kappa shape index (κ2) is 8.64. The van der Waals surface area contributed by atoms with E-state index in [0.717, 1.165) is 17.1 Å². The smallest absolute Gasteiger partial charge is 0.335 e. The van der Waals surface area contributed by atoms with Crippen molar-refractivity contribution < 1.29 is 15.0 Å². The molecule has 2 aromatic heterocycles. The predicted octanol–water partition coefficient (Wildman–Crippen LogP) is 2.93. The van der Waals surface area contributed by atoms with Crippen LogP contribution >= 0.6 is 12.2 Å². The Morgan fingerprint density at radius 2 is 1.93 bits per heavy atom. The summed E-state index contributed by atoms with van der Waals surface area (Å²) < 4.78 is 2.04. The van der Waals surface area contributed by atoms with Gasteiger partial charge in [-0.05, 0) is 67.2 Å².